The Hall–Kier alpha value is -7.00. The molecule has 1 fully saturated rings. The van der Waals surface area contributed by atoms with Crippen molar-refractivity contribution in [3.8, 4) is 11.6 Å². The maximum atomic E-state index is 16.9. The van der Waals surface area contributed by atoms with E-state index in [0.29, 0.717) is 16.9 Å². The number of carbonyl (C=O) groups excluding carboxylic acids is 3. The van der Waals surface area contributed by atoms with Crippen LogP contribution in [0.4, 0.5) is 17.6 Å². The number of rotatable bonds is 14. The molecule has 1 saturated heterocycles. The van der Waals surface area contributed by atoms with Gasteiger partial charge in [-0.15, -0.1) is 5.10 Å². The van der Waals surface area contributed by atoms with Gasteiger partial charge in [-0.1, -0.05) is 97.1 Å². The van der Waals surface area contributed by atoms with Crippen LogP contribution in [0.25, 0.3) is 0 Å². The summed E-state index contributed by atoms with van der Waals surface area (Å²) in [5, 5.41) is 4.30. The standard InChI is InChI=1S/C46H38F4N2O9/c1-56-34-24-22-29(23-25-34)26-35-40(46(48,49)50)52(27-30-14-6-2-7-15-30)51-41(35)61-45-39(60-44(55)33-20-12-5-13-21-33)38(59-43(54)32-18-10-4-11-19-32)37(47)36(58-45)28-57-42(53)31-16-8-3-9-17-31/h2-25,36-39,45H,26-28H2,1H3. The molecule has 2 heterocycles. The lowest BCUT2D eigenvalue weighted by molar-refractivity contribution is -0.264. The van der Waals surface area contributed by atoms with Crippen molar-refractivity contribution in [1.82, 2.24) is 9.78 Å². The van der Waals surface area contributed by atoms with Gasteiger partial charge >= 0.3 is 24.1 Å². The van der Waals surface area contributed by atoms with Gasteiger partial charge < -0.3 is 28.4 Å². The average molecular weight is 839 g/mol. The Kier molecular flexibility index (Phi) is 13.1. The third-order valence-electron chi connectivity index (χ3n) is 9.69. The quantitative estimate of drug-likeness (QED) is 0.0601. The first kappa shape index (κ1) is 42.1. The number of halogens is 4. The van der Waals surface area contributed by atoms with Crippen LogP contribution in [0.15, 0.2) is 146 Å². The van der Waals surface area contributed by atoms with Gasteiger partial charge in [-0.3, -0.25) is 4.68 Å². The lowest BCUT2D eigenvalue weighted by atomic mass is 9.99. The SMILES string of the molecule is COc1ccc(Cc2c(OC3OC(COC(=O)c4ccccc4)C(F)C(OC(=O)c4ccccc4)C3OC(=O)c3ccccc3)nn(Cc3ccccc3)c2C(F)(F)F)cc1. The second kappa shape index (κ2) is 18.9. The van der Waals surface area contributed by atoms with E-state index < -0.39 is 78.6 Å². The van der Waals surface area contributed by atoms with Gasteiger partial charge in [0.1, 0.15) is 24.2 Å². The molecule has 0 radical (unpaired) electrons. The lowest BCUT2D eigenvalue weighted by Gasteiger charge is -2.41. The smallest absolute Gasteiger partial charge is 0.433 e. The van der Waals surface area contributed by atoms with Crippen LogP contribution in [-0.4, -0.2) is 72.2 Å². The highest BCUT2D eigenvalue weighted by atomic mass is 19.4. The second-order valence-corrected chi connectivity index (χ2v) is 13.8. The normalized spacial score (nSPS) is 18.7. The Morgan fingerprint density at radius 1 is 0.672 bits per heavy atom. The maximum absolute atomic E-state index is 16.9. The van der Waals surface area contributed by atoms with Gasteiger partial charge in [0, 0.05) is 6.42 Å². The molecule has 1 aromatic heterocycles. The van der Waals surface area contributed by atoms with E-state index in [1.807, 2.05) is 0 Å². The van der Waals surface area contributed by atoms with Crippen LogP contribution in [0.1, 0.15) is 53.5 Å². The Balaban J connectivity index is 1.33. The molecule has 7 rings (SSSR count). The average Bonchev–Trinajstić information content (AvgIpc) is 3.62. The fourth-order valence-corrected chi connectivity index (χ4v) is 6.68. The van der Waals surface area contributed by atoms with Crippen LogP contribution >= 0.6 is 0 Å². The molecule has 1 aliphatic heterocycles. The van der Waals surface area contributed by atoms with Gasteiger partial charge in [0.25, 0.3) is 0 Å². The molecule has 5 unspecified atom stereocenters. The minimum absolute atomic E-state index is 0.00935. The summed E-state index contributed by atoms with van der Waals surface area (Å²) in [4.78, 5) is 40.3. The Morgan fingerprint density at radius 3 is 1.70 bits per heavy atom. The van der Waals surface area contributed by atoms with Crippen molar-refractivity contribution in [3.63, 3.8) is 0 Å². The fourth-order valence-electron chi connectivity index (χ4n) is 6.68. The van der Waals surface area contributed by atoms with Crippen molar-refractivity contribution in [1.29, 1.82) is 0 Å². The zero-order valence-electron chi connectivity index (χ0n) is 32.4. The topological polar surface area (TPSA) is 124 Å². The summed E-state index contributed by atoms with van der Waals surface area (Å²) in [7, 11) is 1.45. The number of aromatic nitrogens is 2. The van der Waals surface area contributed by atoms with E-state index in [2.05, 4.69) is 5.10 Å². The van der Waals surface area contributed by atoms with Crippen LogP contribution in [0, 0.1) is 0 Å². The Labute approximate surface area is 347 Å². The molecular weight excluding hydrogens is 801 g/mol. The van der Waals surface area contributed by atoms with Crippen molar-refractivity contribution in [2.75, 3.05) is 13.7 Å². The number of hydrogen-bond donors (Lipinski definition) is 0. The Bertz CT molecular complexity index is 2400. The molecule has 15 heteroatoms. The van der Waals surface area contributed by atoms with E-state index in [0.717, 1.165) is 4.68 Å². The lowest BCUT2D eigenvalue weighted by Crippen LogP contribution is -2.61. The third kappa shape index (κ3) is 10.2. The number of nitrogens with zero attached hydrogens (tertiary/aromatic N) is 2. The molecule has 0 amide bonds. The first-order chi connectivity index (χ1) is 29.5. The molecule has 314 valence electrons. The van der Waals surface area contributed by atoms with Gasteiger partial charge in [-0.2, -0.15) is 13.2 Å². The summed E-state index contributed by atoms with van der Waals surface area (Å²) in [5.41, 5.74) is -0.538. The highest BCUT2D eigenvalue weighted by Crippen LogP contribution is 2.40. The highest BCUT2D eigenvalue weighted by molar-refractivity contribution is 5.90. The fraction of sp³-hybridized carbons (Fsp3) is 0.217. The first-order valence-corrected chi connectivity index (χ1v) is 19.0. The number of esters is 3. The number of hydrogen-bond acceptors (Lipinski definition) is 10. The zero-order chi connectivity index (χ0) is 42.9. The Morgan fingerprint density at radius 2 is 1.18 bits per heavy atom. The molecule has 0 bridgehead atoms. The number of carbonyl (C=O) groups is 3. The molecule has 6 aromatic rings. The van der Waals surface area contributed by atoms with Crippen molar-refractivity contribution < 1.29 is 60.4 Å². The minimum Gasteiger partial charge on any atom is -0.497 e. The molecule has 0 saturated carbocycles. The predicted octanol–water partition coefficient (Wildman–Crippen LogP) is 8.30. The molecule has 11 nitrogen and oxygen atoms in total. The van der Waals surface area contributed by atoms with E-state index >= 15 is 17.6 Å². The molecule has 5 atom stereocenters. The van der Waals surface area contributed by atoms with E-state index in [1.54, 1.807) is 109 Å². The van der Waals surface area contributed by atoms with Gasteiger partial charge in [0.15, 0.2) is 12.3 Å². The predicted molar refractivity (Wildman–Crippen MR) is 211 cm³/mol. The number of ether oxygens (including phenoxy) is 6. The van der Waals surface area contributed by atoms with Crippen LogP contribution in [0.5, 0.6) is 11.6 Å². The van der Waals surface area contributed by atoms with Crippen LogP contribution in [-0.2, 0) is 38.1 Å². The number of alkyl halides is 4. The van der Waals surface area contributed by atoms with Crippen molar-refractivity contribution in [3.05, 3.63) is 185 Å². The first-order valence-electron chi connectivity index (χ1n) is 19.0. The van der Waals surface area contributed by atoms with Crippen molar-refractivity contribution >= 4 is 17.9 Å². The third-order valence-corrected chi connectivity index (χ3v) is 9.69. The molecule has 1 aliphatic rings. The number of benzene rings is 5. The van der Waals surface area contributed by atoms with Gasteiger partial charge in [0.2, 0.25) is 18.3 Å². The zero-order valence-corrected chi connectivity index (χ0v) is 32.4. The molecule has 0 spiro atoms. The summed E-state index contributed by atoms with van der Waals surface area (Å²) >= 11 is 0. The van der Waals surface area contributed by atoms with E-state index in [4.69, 9.17) is 28.4 Å². The monoisotopic (exact) mass is 838 g/mol. The molecule has 5 aromatic carbocycles. The van der Waals surface area contributed by atoms with Crippen LogP contribution in [0.2, 0.25) is 0 Å². The van der Waals surface area contributed by atoms with Gasteiger partial charge in [-0.25, -0.2) is 18.8 Å². The molecule has 0 N–H and O–H groups in total. The summed E-state index contributed by atoms with van der Waals surface area (Å²) in [6, 6.07) is 37.6. The summed E-state index contributed by atoms with van der Waals surface area (Å²) in [6.07, 6.45) is -15.4. The van der Waals surface area contributed by atoms with Gasteiger partial charge in [-0.05, 0) is 59.7 Å². The highest BCUT2D eigenvalue weighted by Gasteiger charge is 2.53. The van der Waals surface area contributed by atoms with Crippen molar-refractivity contribution in [2.24, 2.45) is 0 Å². The van der Waals surface area contributed by atoms with Gasteiger partial charge in [0.05, 0.1) is 35.9 Å². The summed E-state index contributed by atoms with van der Waals surface area (Å²) < 4.78 is 98.0. The summed E-state index contributed by atoms with van der Waals surface area (Å²) in [5.74, 6) is -3.03. The largest absolute Gasteiger partial charge is 0.497 e. The number of methoxy groups -OCH3 is 1. The minimum atomic E-state index is -4.98. The molecular formula is C46H38F4N2O9. The summed E-state index contributed by atoms with van der Waals surface area (Å²) in [6.45, 7) is -1.11. The second-order valence-electron chi connectivity index (χ2n) is 13.8. The van der Waals surface area contributed by atoms with E-state index in [1.165, 1.54) is 43.5 Å². The van der Waals surface area contributed by atoms with E-state index in [9.17, 15) is 14.4 Å². The van der Waals surface area contributed by atoms with E-state index in [-0.39, 0.29) is 29.7 Å². The van der Waals surface area contributed by atoms with Crippen LogP contribution in [0.3, 0.4) is 0 Å². The maximum Gasteiger partial charge on any atom is 0.433 e. The van der Waals surface area contributed by atoms with Crippen molar-refractivity contribution in [2.45, 2.75) is 49.9 Å². The molecule has 0 aliphatic carbocycles. The molecule has 61 heavy (non-hydrogen) atoms. The van der Waals surface area contributed by atoms with Crippen LogP contribution < -0.4 is 9.47 Å².